The molecule has 5 aromatic rings. The second kappa shape index (κ2) is 7.52. The largest absolute Gasteiger partial charge is 0.487 e. The van der Waals surface area contributed by atoms with Gasteiger partial charge in [-0.3, -0.25) is 4.98 Å². The topological polar surface area (TPSA) is 65.7 Å². The average molecular weight is 379 g/mol. The Labute approximate surface area is 167 Å². The van der Waals surface area contributed by atoms with Crippen LogP contribution >= 0.6 is 0 Å². The summed E-state index contributed by atoms with van der Waals surface area (Å²) in [5.74, 6) is 1.54. The first kappa shape index (κ1) is 17.1. The number of aromatic nitrogens is 5. The van der Waals surface area contributed by atoms with E-state index in [1.54, 1.807) is 23.4 Å². The molecule has 0 saturated carbocycles. The highest BCUT2D eigenvalue weighted by molar-refractivity contribution is 5.78. The number of para-hydroxylation sites is 1. The molecule has 0 bridgehead atoms. The highest BCUT2D eigenvalue weighted by Gasteiger charge is 2.09. The zero-order valence-electron chi connectivity index (χ0n) is 15.5. The van der Waals surface area contributed by atoms with E-state index in [9.17, 15) is 0 Å². The van der Waals surface area contributed by atoms with Crippen molar-refractivity contribution in [2.24, 2.45) is 0 Å². The normalized spacial score (nSPS) is 10.9. The van der Waals surface area contributed by atoms with Crippen LogP contribution in [0.15, 0.2) is 91.5 Å². The number of nitrogens with zero attached hydrogens (tertiary/aromatic N) is 5. The van der Waals surface area contributed by atoms with Crippen molar-refractivity contribution in [1.82, 2.24) is 24.7 Å². The monoisotopic (exact) mass is 379 g/mol. The van der Waals surface area contributed by atoms with Gasteiger partial charge in [0.15, 0.2) is 5.82 Å². The fraction of sp³-hybridized carbons (Fsp3) is 0.0435. The summed E-state index contributed by atoms with van der Waals surface area (Å²) < 4.78 is 7.71. The molecule has 0 unspecified atom stereocenters. The van der Waals surface area contributed by atoms with Crippen LogP contribution < -0.4 is 4.74 Å². The van der Waals surface area contributed by atoms with E-state index in [4.69, 9.17) is 4.74 Å². The van der Waals surface area contributed by atoms with Crippen LogP contribution in [-0.4, -0.2) is 24.7 Å². The Morgan fingerprint density at radius 3 is 2.52 bits per heavy atom. The molecule has 6 heteroatoms. The molecule has 0 saturated heterocycles. The molecule has 0 fully saturated rings. The molecule has 6 nitrogen and oxygen atoms in total. The van der Waals surface area contributed by atoms with Crippen LogP contribution in [-0.2, 0) is 6.61 Å². The first-order valence-electron chi connectivity index (χ1n) is 9.25. The van der Waals surface area contributed by atoms with Gasteiger partial charge in [-0.15, -0.1) is 0 Å². The molecule has 0 amide bonds. The maximum Gasteiger partial charge on any atom is 0.163 e. The van der Waals surface area contributed by atoms with E-state index < -0.39 is 0 Å². The number of ether oxygens (including phenoxy) is 1. The molecule has 2 aromatic carbocycles. The van der Waals surface area contributed by atoms with Crippen molar-refractivity contribution in [3.05, 3.63) is 97.2 Å². The van der Waals surface area contributed by atoms with Gasteiger partial charge in [-0.25, -0.2) is 14.6 Å². The van der Waals surface area contributed by atoms with E-state index in [0.717, 1.165) is 39.4 Å². The van der Waals surface area contributed by atoms with Crippen molar-refractivity contribution in [2.45, 2.75) is 6.61 Å². The molecule has 0 atom stereocenters. The quantitative estimate of drug-likeness (QED) is 0.451. The summed E-state index contributed by atoms with van der Waals surface area (Å²) >= 11 is 0. The molecule has 0 aliphatic carbocycles. The third-order valence-corrected chi connectivity index (χ3v) is 4.61. The Hall–Kier alpha value is -4.06. The summed E-state index contributed by atoms with van der Waals surface area (Å²) in [6.07, 6.45) is 5.03. The van der Waals surface area contributed by atoms with E-state index >= 15 is 0 Å². The highest BCUT2D eigenvalue weighted by Crippen LogP contribution is 2.22. The van der Waals surface area contributed by atoms with Crippen LogP contribution in [0.25, 0.3) is 28.0 Å². The lowest BCUT2D eigenvalue weighted by atomic mass is 10.2. The maximum atomic E-state index is 5.91. The fourth-order valence-corrected chi connectivity index (χ4v) is 3.16. The molecular weight excluding hydrogens is 362 g/mol. The molecule has 5 rings (SSSR count). The van der Waals surface area contributed by atoms with Gasteiger partial charge in [0, 0.05) is 23.3 Å². The first-order valence-corrected chi connectivity index (χ1v) is 9.25. The van der Waals surface area contributed by atoms with E-state index in [1.807, 2.05) is 60.7 Å². The smallest absolute Gasteiger partial charge is 0.163 e. The first-order chi connectivity index (χ1) is 14.4. The Bertz CT molecular complexity index is 1250. The van der Waals surface area contributed by atoms with Crippen LogP contribution in [0.5, 0.6) is 5.75 Å². The Kier molecular flexibility index (Phi) is 4.42. The molecule has 0 aliphatic rings. The second-order valence-corrected chi connectivity index (χ2v) is 6.51. The number of hydrogen-bond donors (Lipinski definition) is 0. The molecule has 3 aromatic heterocycles. The van der Waals surface area contributed by atoms with Crippen molar-refractivity contribution in [1.29, 1.82) is 0 Å². The minimum absolute atomic E-state index is 0.412. The van der Waals surface area contributed by atoms with Gasteiger partial charge in [-0.2, -0.15) is 5.10 Å². The van der Waals surface area contributed by atoms with Gasteiger partial charge in [0.25, 0.3) is 0 Å². The minimum atomic E-state index is 0.412. The van der Waals surface area contributed by atoms with E-state index in [0.29, 0.717) is 6.61 Å². The van der Waals surface area contributed by atoms with Gasteiger partial charge in [0.05, 0.1) is 16.9 Å². The number of rotatable bonds is 5. The van der Waals surface area contributed by atoms with E-state index in [1.165, 1.54) is 0 Å². The van der Waals surface area contributed by atoms with Gasteiger partial charge < -0.3 is 4.74 Å². The fourth-order valence-electron chi connectivity index (χ4n) is 3.16. The summed E-state index contributed by atoms with van der Waals surface area (Å²) in [6.45, 7) is 0.412. The molecule has 0 aliphatic heterocycles. The van der Waals surface area contributed by atoms with E-state index in [-0.39, 0.29) is 0 Å². The van der Waals surface area contributed by atoms with Crippen LogP contribution in [0, 0.1) is 0 Å². The summed E-state index contributed by atoms with van der Waals surface area (Å²) in [4.78, 5) is 13.1. The Balaban J connectivity index is 1.32. The summed E-state index contributed by atoms with van der Waals surface area (Å²) in [7, 11) is 0. The summed E-state index contributed by atoms with van der Waals surface area (Å²) in [5, 5.41) is 5.47. The highest BCUT2D eigenvalue weighted by atomic mass is 16.5. The zero-order valence-corrected chi connectivity index (χ0v) is 15.5. The van der Waals surface area contributed by atoms with Crippen LogP contribution in [0.2, 0.25) is 0 Å². The van der Waals surface area contributed by atoms with Crippen LogP contribution in [0.3, 0.4) is 0 Å². The molecule has 29 heavy (non-hydrogen) atoms. The molecular formula is C23H17N5O. The van der Waals surface area contributed by atoms with Gasteiger partial charge in [0.2, 0.25) is 0 Å². The Morgan fingerprint density at radius 2 is 1.66 bits per heavy atom. The van der Waals surface area contributed by atoms with Crippen molar-refractivity contribution in [3.63, 3.8) is 0 Å². The number of pyridine rings is 2. The lowest BCUT2D eigenvalue weighted by Gasteiger charge is -2.09. The lowest BCUT2D eigenvalue weighted by molar-refractivity contribution is 0.302. The number of fused-ring (bicyclic) bond motifs is 1. The lowest BCUT2D eigenvalue weighted by Crippen LogP contribution is -2.01. The molecule has 0 N–H and O–H groups in total. The van der Waals surface area contributed by atoms with Crippen molar-refractivity contribution >= 4 is 10.9 Å². The second-order valence-electron chi connectivity index (χ2n) is 6.51. The maximum absolute atomic E-state index is 5.91. The summed E-state index contributed by atoms with van der Waals surface area (Å²) in [5.41, 5.74) is 3.73. The summed E-state index contributed by atoms with van der Waals surface area (Å²) in [6, 6.07) is 23.7. The van der Waals surface area contributed by atoms with Gasteiger partial charge in [0.1, 0.15) is 18.7 Å². The number of hydrogen-bond acceptors (Lipinski definition) is 5. The van der Waals surface area contributed by atoms with Crippen molar-refractivity contribution in [2.75, 3.05) is 0 Å². The average Bonchev–Trinajstić information content (AvgIpc) is 3.28. The van der Waals surface area contributed by atoms with Crippen LogP contribution in [0.1, 0.15) is 5.69 Å². The predicted molar refractivity (Wildman–Crippen MR) is 111 cm³/mol. The third-order valence-electron chi connectivity index (χ3n) is 4.61. The SMILES string of the molecule is c1ccc2nc(COc3ccc(-n4ncnc4-c4ccncc4)cc3)ccc2c1. The van der Waals surface area contributed by atoms with Gasteiger partial charge in [-0.1, -0.05) is 24.3 Å². The molecule has 3 heterocycles. The molecule has 0 spiro atoms. The zero-order chi connectivity index (χ0) is 19.5. The third kappa shape index (κ3) is 3.55. The van der Waals surface area contributed by atoms with Gasteiger partial charge in [-0.05, 0) is 48.5 Å². The molecule has 0 radical (unpaired) electrons. The predicted octanol–water partition coefficient (Wildman–Crippen LogP) is 4.46. The standard InChI is InChI=1S/C23H17N5O/c1-2-4-22-17(3-1)5-6-19(27-22)15-29-21-9-7-20(8-10-21)28-23(25-16-26-28)18-11-13-24-14-12-18/h1-14,16H,15H2. The Morgan fingerprint density at radius 1 is 0.828 bits per heavy atom. The number of benzene rings is 2. The minimum Gasteiger partial charge on any atom is -0.487 e. The van der Waals surface area contributed by atoms with E-state index in [2.05, 4.69) is 32.2 Å². The van der Waals surface area contributed by atoms with Crippen molar-refractivity contribution < 1.29 is 4.74 Å². The van der Waals surface area contributed by atoms with Gasteiger partial charge >= 0.3 is 0 Å². The van der Waals surface area contributed by atoms with Crippen molar-refractivity contribution in [3.8, 4) is 22.8 Å². The molecule has 140 valence electrons. The van der Waals surface area contributed by atoms with Crippen LogP contribution in [0.4, 0.5) is 0 Å².